The van der Waals surface area contributed by atoms with Gasteiger partial charge < -0.3 is 16.0 Å². The quantitative estimate of drug-likeness (QED) is 0.719. The van der Waals surface area contributed by atoms with Gasteiger partial charge in [0.2, 0.25) is 5.91 Å². The van der Waals surface area contributed by atoms with Crippen molar-refractivity contribution in [2.75, 3.05) is 5.32 Å². The molecule has 2 aromatic carbocycles. The minimum absolute atomic E-state index is 0.0591. The molecule has 0 radical (unpaired) electrons. The molecule has 0 aromatic heterocycles. The van der Waals surface area contributed by atoms with E-state index in [1.54, 1.807) is 12.1 Å². The highest BCUT2D eigenvalue weighted by molar-refractivity contribution is 5.95. The summed E-state index contributed by atoms with van der Waals surface area (Å²) < 4.78 is 13.8. The number of benzene rings is 2. The van der Waals surface area contributed by atoms with E-state index in [1.165, 1.54) is 12.1 Å². The minimum atomic E-state index is -0.419. The van der Waals surface area contributed by atoms with E-state index < -0.39 is 5.82 Å². The van der Waals surface area contributed by atoms with Gasteiger partial charge in [-0.15, -0.1) is 0 Å². The SMILES string of the molecule is NC1CCC(N(Cc2cccc(NC(=O)C3CCC3)c2)C(=O)c2cccc(F)c2)CC1. The molecular formula is C25H30FN3O2. The Hall–Kier alpha value is -2.73. The molecule has 0 bridgehead atoms. The van der Waals surface area contributed by atoms with E-state index in [9.17, 15) is 14.0 Å². The van der Waals surface area contributed by atoms with Crippen molar-refractivity contribution in [2.24, 2.45) is 11.7 Å². The number of amides is 2. The van der Waals surface area contributed by atoms with Gasteiger partial charge in [-0.25, -0.2) is 4.39 Å². The van der Waals surface area contributed by atoms with Crippen molar-refractivity contribution >= 4 is 17.5 Å². The second-order valence-corrected chi connectivity index (χ2v) is 8.83. The average Bonchev–Trinajstić information content (AvgIpc) is 2.71. The first-order chi connectivity index (χ1) is 15.0. The maximum Gasteiger partial charge on any atom is 0.254 e. The van der Waals surface area contributed by atoms with Crippen molar-refractivity contribution in [3.8, 4) is 0 Å². The normalized spacial score (nSPS) is 21.2. The number of carbonyl (C=O) groups is 2. The van der Waals surface area contributed by atoms with Crippen LogP contribution in [-0.2, 0) is 11.3 Å². The van der Waals surface area contributed by atoms with E-state index in [2.05, 4.69) is 5.32 Å². The smallest absolute Gasteiger partial charge is 0.254 e. The molecule has 0 aliphatic heterocycles. The molecule has 164 valence electrons. The molecule has 2 fully saturated rings. The summed E-state index contributed by atoms with van der Waals surface area (Å²) in [6, 6.07) is 13.7. The van der Waals surface area contributed by atoms with Crippen molar-refractivity contribution < 1.29 is 14.0 Å². The molecule has 5 nitrogen and oxygen atoms in total. The average molecular weight is 424 g/mol. The number of halogens is 1. The Labute approximate surface area is 182 Å². The first-order valence-electron chi connectivity index (χ1n) is 11.2. The number of hydrogen-bond donors (Lipinski definition) is 2. The molecule has 3 N–H and O–H groups in total. The Balaban J connectivity index is 1.53. The monoisotopic (exact) mass is 423 g/mol. The molecule has 0 spiro atoms. The summed E-state index contributed by atoms with van der Waals surface area (Å²) in [5.41, 5.74) is 8.11. The Kier molecular flexibility index (Phi) is 6.66. The summed E-state index contributed by atoms with van der Waals surface area (Å²) >= 11 is 0. The van der Waals surface area contributed by atoms with Gasteiger partial charge in [-0.05, 0) is 74.4 Å². The van der Waals surface area contributed by atoms with Gasteiger partial charge >= 0.3 is 0 Å². The van der Waals surface area contributed by atoms with Crippen LogP contribution in [0.5, 0.6) is 0 Å². The lowest BCUT2D eigenvalue weighted by molar-refractivity contribution is -0.122. The molecule has 2 amide bonds. The second-order valence-electron chi connectivity index (χ2n) is 8.83. The molecule has 2 aromatic rings. The summed E-state index contributed by atoms with van der Waals surface area (Å²) in [5, 5.41) is 3.00. The number of nitrogens with one attached hydrogen (secondary N) is 1. The van der Waals surface area contributed by atoms with Gasteiger partial charge in [-0.2, -0.15) is 0 Å². The van der Waals surface area contributed by atoms with E-state index >= 15 is 0 Å². The van der Waals surface area contributed by atoms with Gasteiger partial charge in [0.05, 0.1) is 0 Å². The van der Waals surface area contributed by atoms with Crippen molar-refractivity contribution in [2.45, 2.75) is 63.6 Å². The van der Waals surface area contributed by atoms with Crippen LogP contribution in [0.2, 0.25) is 0 Å². The predicted molar refractivity (Wildman–Crippen MR) is 119 cm³/mol. The van der Waals surface area contributed by atoms with Crippen molar-refractivity contribution in [3.05, 3.63) is 65.5 Å². The maximum absolute atomic E-state index is 13.8. The van der Waals surface area contributed by atoms with E-state index in [-0.39, 0.29) is 29.8 Å². The molecule has 0 heterocycles. The third-order valence-electron chi connectivity index (χ3n) is 6.54. The Morgan fingerprint density at radius 2 is 1.74 bits per heavy atom. The predicted octanol–water partition coefficient (Wildman–Crippen LogP) is 4.48. The Morgan fingerprint density at radius 3 is 2.42 bits per heavy atom. The molecule has 4 rings (SSSR count). The molecule has 6 heteroatoms. The number of rotatable bonds is 6. The summed E-state index contributed by atoms with van der Waals surface area (Å²) in [7, 11) is 0. The first kappa shape index (κ1) is 21.5. The van der Waals surface area contributed by atoms with E-state index in [0.717, 1.165) is 56.2 Å². The van der Waals surface area contributed by atoms with Crippen LogP contribution in [-0.4, -0.2) is 28.8 Å². The van der Waals surface area contributed by atoms with Crippen LogP contribution in [0.15, 0.2) is 48.5 Å². The van der Waals surface area contributed by atoms with Crippen molar-refractivity contribution in [1.29, 1.82) is 0 Å². The fraction of sp³-hybridized carbons (Fsp3) is 0.440. The zero-order valence-electron chi connectivity index (χ0n) is 17.7. The van der Waals surface area contributed by atoms with Crippen LogP contribution in [0.25, 0.3) is 0 Å². The Morgan fingerprint density at radius 1 is 1.00 bits per heavy atom. The maximum atomic E-state index is 13.8. The van der Waals surface area contributed by atoms with E-state index in [0.29, 0.717) is 12.1 Å². The third-order valence-corrected chi connectivity index (χ3v) is 6.54. The van der Waals surface area contributed by atoms with Gasteiger partial charge in [0.15, 0.2) is 0 Å². The third kappa shape index (κ3) is 5.31. The highest BCUT2D eigenvalue weighted by Gasteiger charge is 2.29. The van der Waals surface area contributed by atoms with Crippen LogP contribution < -0.4 is 11.1 Å². The number of hydrogen-bond acceptors (Lipinski definition) is 3. The second kappa shape index (κ2) is 9.60. The minimum Gasteiger partial charge on any atom is -0.331 e. The number of nitrogens with zero attached hydrogens (tertiary/aromatic N) is 1. The summed E-state index contributed by atoms with van der Waals surface area (Å²) in [5.74, 6) is -0.417. The van der Waals surface area contributed by atoms with Crippen LogP contribution in [0.3, 0.4) is 0 Å². The zero-order valence-corrected chi connectivity index (χ0v) is 17.7. The summed E-state index contributed by atoms with van der Waals surface area (Å²) in [6.45, 7) is 0.405. The lowest BCUT2D eigenvalue weighted by Crippen LogP contribution is -2.43. The van der Waals surface area contributed by atoms with Gasteiger partial charge in [0, 0.05) is 35.8 Å². The molecule has 2 aliphatic rings. The van der Waals surface area contributed by atoms with Crippen LogP contribution >= 0.6 is 0 Å². The largest absolute Gasteiger partial charge is 0.331 e. The van der Waals surface area contributed by atoms with Crippen molar-refractivity contribution in [3.63, 3.8) is 0 Å². The van der Waals surface area contributed by atoms with Gasteiger partial charge in [0.25, 0.3) is 5.91 Å². The number of carbonyl (C=O) groups excluding carboxylic acids is 2. The highest BCUT2D eigenvalue weighted by atomic mass is 19.1. The van der Waals surface area contributed by atoms with Gasteiger partial charge in [-0.3, -0.25) is 9.59 Å². The molecular weight excluding hydrogens is 393 g/mol. The van der Waals surface area contributed by atoms with Crippen LogP contribution in [0.4, 0.5) is 10.1 Å². The lowest BCUT2D eigenvalue weighted by Gasteiger charge is -2.36. The zero-order chi connectivity index (χ0) is 21.8. The summed E-state index contributed by atoms with van der Waals surface area (Å²) in [6.07, 6.45) is 6.42. The van der Waals surface area contributed by atoms with Gasteiger partial charge in [0.1, 0.15) is 5.82 Å². The summed E-state index contributed by atoms with van der Waals surface area (Å²) in [4.78, 5) is 27.5. The first-order valence-corrected chi connectivity index (χ1v) is 11.2. The van der Waals surface area contributed by atoms with Gasteiger partial charge in [-0.1, -0.05) is 24.6 Å². The molecule has 0 saturated heterocycles. The number of nitrogens with two attached hydrogens (primary N) is 1. The van der Waals surface area contributed by atoms with Crippen LogP contribution in [0.1, 0.15) is 60.9 Å². The molecule has 31 heavy (non-hydrogen) atoms. The standard InChI is InChI=1S/C25H30FN3O2/c26-20-8-3-7-19(15-20)25(31)29(23-12-10-21(27)11-13-23)16-17-4-1-9-22(14-17)28-24(30)18-5-2-6-18/h1,3-4,7-9,14-15,18,21,23H,2,5-6,10-13,16,27H2,(H,28,30). The fourth-order valence-corrected chi connectivity index (χ4v) is 4.43. The van der Waals surface area contributed by atoms with Crippen LogP contribution in [0, 0.1) is 11.7 Å². The van der Waals surface area contributed by atoms with E-state index in [4.69, 9.17) is 5.73 Å². The topological polar surface area (TPSA) is 75.4 Å². The molecule has 0 unspecified atom stereocenters. The highest BCUT2D eigenvalue weighted by Crippen LogP contribution is 2.29. The number of anilines is 1. The fourth-order valence-electron chi connectivity index (χ4n) is 4.43. The Bertz CT molecular complexity index is 936. The van der Waals surface area contributed by atoms with E-state index in [1.807, 2.05) is 29.2 Å². The molecule has 2 saturated carbocycles. The molecule has 0 atom stereocenters. The molecule has 2 aliphatic carbocycles. The lowest BCUT2D eigenvalue weighted by atomic mass is 9.85. The van der Waals surface area contributed by atoms with Crippen molar-refractivity contribution in [1.82, 2.24) is 4.90 Å².